The van der Waals surface area contributed by atoms with Crippen molar-refractivity contribution in [3.05, 3.63) is 47.5 Å². The summed E-state index contributed by atoms with van der Waals surface area (Å²) in [6.45, 7) is 2.43. The Bertz CT molecular complexity index is 676. The highest BCUT2D eigenvalue weighted by atomic mass is 16.5. The molecule has 2 aromatic carbocycles. The molecule has 0 heterocycles. The van der Waals surface area contributed by atoms with E-state index in [2.05, 4.69) is 6.92 Å². The highest BCUT2D eigenvalue weighted by Gasteiger charge is 2.20. The number of hydrogen-bond acceptors (Lipinski definition) is 3. The van der Waals surface area contributed by atoms with E-state index >= 15 is 0 Å². The lowest BCUT2D eigenvalue weighted by atomic mass is 9.99. The molecule has 0 spiro atoms. The number of carboxylic acid groups (broad SMARTS) is 1. The van der Waals surface area contributed by atoms with Crippen molar-refractivity contribution in [1.29, 1.82) is 0 Å². The number of unbranched alkanes of at least 4 members (excludes halogenated alkanes) is 3. The molecular weight excluding hydrogens is 280 g/mol. The summed E-state index contributed by atoms with van der Waals surface area (Å²) >= 11 is 0. The van der Waals surface area contributed by atoms with Gasteiger partial charge in [0.25, 0.3) is 0 Å². The van der Waals surface area contributed by atoms with Crippen LogP contribution in [0.3, 0.4) is 0 Å². The Labute approximate surface area is 129 Å². The highest BCUT2D eigenvalue weighted by molar-refractivity contribution is 6.12. The van der Waals surface area contributed by atoms with Gasteiger partial charge >= 0.3 is 11.9 Å². The summed E-state index contributed by atoms with van der Waals surface area (Å²) in [5, 5.41) is 10.7. The third-order valence-electron chi connectivity index (χ3n) is 3.59. The van der Waals surface area contributed by atoms with Crippen molar-refractivity contribution in [1.82, 2.24) is 0 Å². The third kappa shape index (κ3) is 3.64. The third-order valence-corrected chi connectivity index (χ3v) is 3.59. The van der Waals surface area contributed by atoms with Gasteiger partial charge in [-0.15, -0.1) is 0 Å². The molecule has 0 saturated heterocycles. The molecule has 0 aromatic heterocycles. The first kappa shape index (κ1) is 16.0. The average molecular weight is 300 g/mol. The second kappa shape index (κ2) is 7.59. The second-order valence-corrected chi connectivity index (χ2v) is 5.21. The number of carbonyl (C=O) groups is 2. The monoisotopic (exact) mass is 300 g/mol. The summed E-state index contributed by atoms with van der Waals surface area (Å²) in [4.78, 5) is 23.7. The molecule has 4 nitrogen and oxygen atoms in total. The molecule has 2 aromatic rings. The van der Waals surface area contributed by atoms with Gasteiger partial charge < -0.3 is 9.84 Å². The van der Waals surface area contributed by atoms with E-state index in [1.807, 2.05) is 12.1 Å². The average Bonchev–Trinajstić information content (AvgIpc) is 2.53. The van der Waals surface area contributed by atoms with Crippen LogP contribution in [0.25, 0.3) is 10.8 Å². The predicted molar refractivity (Wildman–Crippen MR) is 85.3 cm³/mol. The molecule has 0 aliphatic heterocycles. The lowest BCUT2D eigenvalue weighted by Crippen LogP contribution is -2.13. The van der Waals surface area contributed by atoms with Crippen molar-refractivity contribution in [2.24, 2.45) is 0 Å². The SMILES string of the molecule is CCCCCCOC(=O)c1c(C(=O)O)ccc2ccccc12. The Morgan fingerprint density at radius 2 is 1.82 bits per heavy atom. The van der Waals surface area contributed by atoms with Crippen LogP contribution in [0.4, 0.5) is 0 Å². The normalized spacial score (nSPS) is 10.6. The Balaban J connectivity index is 2.25. The van der Waals surface area contributed by atoms with E-state index in [9.17, 15) is 14.7 Å². The van der Waals surface area contributed by atoms with Gasteiger partial charge in [0.1, 0.15) is 0 Å². The largest absolute Gasteiger partial charge is 0.478 e. The van der Waals surface area contributed by atoms with Crippen LogP contribution in [0, 0.1) is 0 Å². The van der Waals surface area contributed by atoms with Crippen LogP contribution < -0.4 is 0 Å². The van der Waals surface area contributed by atoms with Gasteiger partial charge in [-0.05, 0) is 23.3 Å². The van der Waals surface area contributed by atoms with E-state index in [0.29, 0.717) is 12.0 Å². The molecule has 0 aliphatic carbocycles. The summed E-state index contributed by atoms with van der Waals surface area (Å²) in [6, 6.07) is 10.4. The fourth-order valence-corrected chi connectivity index (χ4v) is 2.44. The Morgan fingerprint density at radius 1 is 1.05 bits per heavy atom. The minimum Gasteiger partial charge on any atom is -0.478 e. The summed E-state index contributed by atoms with van der Waals surface area (Å²) in [5.41, 5.74) is 0.123. The molecule has 0 atom stereocenters. The molecule has 22 heavy (non-hydrogen) atoms. The van der Waals surface area contributed by atoms with E-state index in [1.54, 1.807) is 18.2 Å². The van der Waals surface area contributed by atoms with Gasteiger partial charge in [0.2, 0.25) is 0 Å². The number of hydrogen-bond donors (Lipinski definition) is 1. The molecule has 0 amide bonds. The van der Waals surface area contributed by atoms with Crippen LogP contribution in [0.15, 0.2) is 36.4 Å². The first-order valence-corrected chi connectivity index (χ1v) is 7.57. The molecule has 4 heteroatoms. The summed E-state index contributed by atoms with van der Waals surface area (Å²) in [7, 11) is 0. The molecule has 116 valence electrons. The van der Waals surface area contributed by atoms with Crippen LogP contribution in [-0.4, -0.2) is 23.7 Å². The second-order valence-electron chi connectivity index (χ2n) is 5.21. The zero-order valence-corrected chi connectivity index (χ0v) is 12.7. The van der Waals surface area contributed by atoms with Gasteiger partial charge in [0, 0.05) is 0 Å². The molecule has 1 N–H and O–H groups in total. The zero-order chi connectivity index (χ0) is 15.9. The topological polar surface area (TPSA) is 63.6 Å². The predicted octanol–water partition coefficient (Wildman–Crippen LogP) is 4.28. The van der Waals surface area contributed by atoms with E-state index < -0.39 is 11.9 Å². The van der Waals surface area contributed by atoms with Gasteiger partial charge in [-0.3, -0.25) is 0 Å². The summed E-state index contributed by atoms with van der Waals surface area (Å²) < 4.78 is 5.27. The summed E-state index contributed by atoms with van der Waals surface area (Å²) in [5.74, 6) is -1.69. The molecule has 0 bridgehead atoms. The highest BCUT2D eigenvalue weighted by Crippen LogP contribution is 2.23. The van der Waals surface area contributed by atoms with Crippen LogP contribution in [0.2, 0.25) is 0 Å². The number of esters is 1. The van der Waals surface area contributed by atoms with E-state index in [1.165, 1.54) is 6.07 Å². The van der Waals surface area contributed by atoms with Gasteiger partial charge in [-0.25, -0.2) is 9.59 Å². The maximum Gasteiger partial charge on any atom is 0.339 e. The van der Waals surface area contributed by atoms with Crippen molar-refractivity contribution in [2.75, 3.05) is 6.61 Å². The Kier molecular flexibility index (Phi) is 5.53. The lowest BCUT2D eigenvalue weighted by molar-refractivity contribution is 0.0490. The van der Waals surface area contributed by atoms with Gasteiger partial charge in [-0.1, -0.05) is 56.5 Å². The fraction of sp³-hybridized carbons (Fsp3) is 0.333. The maximum absolute atomic E-state index is 12.3. The fourth-order valence-electron chi connectivity index (χ4n) is 2.44. The Hall–Kier alpha value is -2.36. The van der Waals surface area contributed by atoms with Crippen LogP contribution in [0.1, 0.15) is 53.3 Å². The minimum atomic E-state index is -1.12. The van der Waals surface area contributed by atoms with E-state index in [0.717, 1.165) is 31.1 Å². The molecule has 2 rings (SSSR count). The number of fused-ring (bicyclic) bond motifs is 1. The number of ether oxygens (including phenoxy) is 1. The van der Waals surface area contributed by atoms with Crippen molar-refractivity contribution in [3.63, 3.8) is 0 Å². The van der Waals surface area contributed by atoms with Crippen molar-refractivity contribution >= 4 is 22.7 Å². The van der Waals surface area contributed by atoms with Crippen molar-refractivity contribution < 1.29 is 19.4 Å². The van der Waals surface area contributed by atoms with Crippen LogP contribution >= 0.6 is 0 Å². The molecular formula is C18H20O4. The number of benzene rings is 2. The quantitative estimate of drug-likeness (QED) is 0.612. The molecule has 0 radical (unpaired) electrons. The van der Waals surface area contributed by atoms with Gasteiger partial charge in [-0.2, -0.15) is 0 Å². The molecule has 0 unspecified atom stereocenters. The molecule has 0 fully saturated rings. The van der Waals surface area contributed by atoms with E-state index in [4.69, 9.17) is 4.74 Å². The van der Waals surface area contributed by atoms with Crippen molar-refractivity contribution in [2.45, 2.75) is 32.6 Å². The Morgan fingerprint density at radius 3 is 2.55 bits per heavy atom. The van der Waals surface area contributed by atoms with E-state index in [-0.39, 0.29) is 11.1 Å². The number of rotatable bonds is 7. The van der Waals surface area contributed by atoms with Crippen LogP contribution in [-0.2, 0) is 4.74 Å². The van der Waals surface area contributed by atoms with Crippen molar-refractivity contribution in [3.8, 4) is 0 Å². The smallest absolute Gasteiger partial charge is 0.339 e. The van der Waals surface area contributed by atoms with Crippen LogP contribution in [0.5, 0.6) is 0 Å². The number of carboxylic acids is 1. The van der Waals surface area contributed by atoms with Gasteiger partial charge in [0.15, 0.2) is 0 Å². The zero-order valence-electron chi connectivity index (χ0n) is 12.7. The first-order chi connectivity index (χ1) is 10.6. The summed E-state index contributed by atoms with van der Waals surface area (Å²) in [6.07, 6.45) is 4.02. The number of carbonyl (C=O) groups excluding carboxylic acids is 1. The molecule has 0 saturated carbocycles. The van der Waals surface area contributed by atoms with Gasteiger partial charge in [0.05, 0.1) is 17.7 Å². The minimum absolute atomic E-state index is 0.0164. The molecule has 0 aliphatic rings. The lowest BCUT2D eigenvalue weighted by Gasteiger charge is -2.10. The maximum atomic E-state index is 12.3. The first-order valence-electron chi connectivity index (χ1n) is 7.57. The number of aromatic carboxylic acids is 1. The standard InChI is InChI=1S/C18H20O4/c1-2-3-4-7-12-22-18(21)16-14-9-6-5-8-13(14)10-11-15(16)17(19)20/h5-6,8-11H,2-4,7,12H2,1H3,(H,19,20).